The molecule has 3 atom stereocenters. The van der Waals surface area contributed by atoms with Gasteiger partial charge in [-0.25, -0.2) is 13.2 Å². The van der Waals surface area contributed by atoms with E-state index < -0.39 is 20.9 Å². The molecule has 0 aromatic heterocycles. The summed E-state index contributed by atoms with van der Waals surface area (Å²) in [6, 6.07) is 7.54. The van der Waals surface area contributed by atoms with Crippen LogP contribution in [-0.4, -0.2) is 79.9 Å². The highest BCUT2D eigenvalue weighted by molar-refractivity contribution is 7.90. The van der Waals surface area contributed by atoms with Crippen LogP contribution in [0.15, 0.2) is 24.3 Å². The molecule has 2 bridgehead atoms. The van der Waals surface area contributed by atoms with Crippen molar-refractivity contribution in [3.63, 3.8) is 0 Å². The summed E-state index contributed by atoms with van der Waals surface area (Å²) >= 11 is 0. The molecule has 1 spiro atoms. The fraction of sp³-hybridized carbons (Fsp3) is 0.650. The number of fused-ring (bicyclic) bond motifs is 1. The van der Waals surface area contributed by atoms with E-state index in [9.17, 15) is 13.2 Å². The van der Waals surface area contributed by atoms with Crippen molar-refractivity contribution in [2.24, 2.45) is 0 Å². The van der Waals surface area contributed by atoms with E-state index in [0.717, 1.165) is 11.3 Å². The van der Waals surface area contributed by atoms with Gasteiger partial charge in [0.15, 0.2) is 0 Å². The second-order valence-electron chi connectivity index (χ2n) is 8.49. The molecule has 3 aliphatic heterocycles. The number of sulfonamides is 1. The van der Waals surface area contributed by atoms with Gasteiger partial charge < -0.3 is 19.7 Å². The fourth-order valence-corrected chi connectivity index (χ4v) is 7.03. The Labute approximate surface area is 172 Å². The first-order valence-electron chi connectivity index (χ1n) is 10.1. The van der Waals surface area contributed by atoms with Crippen LogP contribution in [0.1, 0.15) is 25.8 Å². The largest absolute Gasteiger partial charge is 0.497 e. The summed E-state index contributed by atoms with van der Waals surface area (Å²) < 4.78 is 39.4. The van der Waals surface area contributed by atoms with Crippen molar-refractivity contribution in [1.29, 1.82) is 0 Å². The Hall–Kier alpha value is -1.84. The standard InChI is InChI=1S/C20H29N3O5S/c1-14(2)21-19(24)22-11-17-10-18-20(12-22,28-17)13-23(29(18,25)26)8-7-15-5-4-6-16(9-15)27-3/h4-6,9,14,17-18H,7-8,10-13H2,1-3H3,(H,21,24)/t17-,18+,20+/m0/s1. The Kier molecular flexibility index (Phi) is 5.25. The predicted molar refractivity (Wildman–Crippen MR) is 108 cm³/mol. The zero-order valence-corrected chi connectivity index (χ0v) is 17.9. The zero-order chi connectivity index (χ0) is 20.8. The number of hydrogen-bond acceptors (Lipinski definition) is 5. The van der Waals surface area contributed by atoms with Gasteiger partial charge in [-0.3, -0.25) is 0 Å². The average Bonchev–Trinajstić information content (AvgIpc) is 3.04. The number of likely N-dealkylation sites (tertiary alicyclic amines) is 1. The molecule has 0 unspecified atom stereocenters. The molecule has 29 heavy (non-hydrogen) atoms. The van der Waals surface area contributed by atoms with E-state index in [1.807, 2.05) is 38.1 Å². The third kappa shape index (κ3) is 3.71. The van der Waals surface area contributed by atoms with Gasteiger partial charge in [-0.15, -0.1) is 0 Å². The van der Waals surface area contributed by atoms with E-state index >= 15 is 0 Å². The SMILES string of the molecule is COc1cccc(CCN2C[C@]34CN(C(=O)NC(C)C)C[C@H](C[C@H]3S2(=O)=O)O4)c1. The van der Waals surface area contributed by atoms with Gasteiger partial charge in [-0.2, -0.15) is 4.31 Å². The Morgan fingerprint density at radius 3 is 2.90 bits per heavy atom. The molecule has 1 N–H and O–H groups in total. The third-order valence-electron chi connectivity index (χ3n) is 5.99. The molecule has 2 amide bonds. The van der Waals surface area contributed by atoms with Crippen molar-refractivity contribution in [2.75, 3.05) is 33.3 Å². The Balaban J connectivity index is 1.49. The summed E-state index contributed by atoms with van der Waals surface area (Å²) in [4.78, 5) is 14.2. The molecule has 0 radical (unpaired) electrons. The second kappa shape index (κ2) is 7.45. The first-order valence-corrected chi connectivity index (χ1v) is 11.6. The van der Waals surface area contributed by atoms with Gasteiger partial charge in [0, 0.05) is 25.7 Å². The summed E-state index contributed by atoms with van der Waals surface area (Å²) in [5.41, 5.74) is 0.194. The normalized spacial score (nSPS) is 30.4. The number of rotatable bonds is 5. The summed E-state index contributed by atoms with van der Waals surface area (Å²) in [5, 5.41) is 2.32. The molecule has 1 aromatic rings. The third-order valence-corrected chi connectivity index (χ3v) is 8.37. The van der Waals surface area contributed by atoms with Gasteiger partial charge >= 0.3 is 6.03 Å². The van der Waals surface area contributed by atoms with Crippen LogP contribution in [0.25, 0.3) is 0 Å². The smallest absolute Gasteiger partial charge is 0.317 e. The number of amides is 2. The number of nitrogens with zero attached hydrogens (tertiary/aromatic N) is 2. The van der Waals surface area contributed by atoms with Crippen molar-refractivity contribution in [2.45, 2.75) is 49.7 Å². The van der Waals surface area contributed by atoms with Gasteiger partial charge in [-0.05, 0) is 44.4 Å². The lowest BCUT2D eigenvalue weighted by Crippen LogP contribution is -2.58. The first kappa shape index (κ1) is 20.4. The molecule has 9 heteroatoms. The second-order valence-corrected chi connectivity index (χ2v) is 10.6. The van der Waals surface area contributed by atoms with E-state index in [1.165, 1.54) is 4.31 Å². The number of carbonyl (C=O) groups is 1. The van der Waals surface area contributed by atoms with E-state index in [-0.39, 0.29) is 18.2 Å². The minimum absolute atomic E-state index is 0.0305. The van der Waals surface area contributed by atoms with Gasteiger partial charge in [0.05, 0.1) is 19.8 Å². The van der Waals surface area contributed by atoms with Crippen molar-refractivity contribution in [1.82, 2.24) is 14.5 Å². The number of ether oxygens (including phenoxy) is 2. The molecule has 3 heterocycles. The lowest BCUT2D eigenvalue weighted by Gasteiger charge is -2.39. The molecule has 3 fully saturated rings. The Morgan fingerprint density at radius 1 is 1.38 bits per heavy atom. The van der Waals surface area contributed by atoms with Gasteiger partial charge in [0.1, 0.15) is 16.6 Å². The quantitative estimate of drug-likeness (QED) is 0.769. The van der Waals surface area contributed by atoms with E-state index in [0.29, 0.717) is 39.0 Å². The highest BCUT2D eigenvalue weighted by atomic mass is 32.2. The lowest BCUT2D eigenvalue weighted by atomic mass is 9.99. The van der Waals surface area contributed by atoms with Crippen molar-refractivity contribution >= 4 is 16.1 Å². The number of carbonyl (C=O) groups excluding carboxylic acids is 1. The number of methoxy groups -OCH3 is 1. The molecule has 0 aliphatic carbocycles. The number of benzene rings is 1. The predicted octanol–water partition coefficient (Wildman–Crippen LogP) is 1.21. The highest BCUT2D eigenvalue weighted by Crippen LogP contribution is 2.46. The Bertz CT molecular complexity index is 890. The molecule has 1 aromatic carbocycles. The van der Waals surface area contributed by atoms with Gasteiger partial charge in [0.2, 0.25) is 10.0 Å². The summed E-state index contributed by atoms with van der Waals surface area (Å²) in [5.74, 6) is 0.757. The molecule has 3 saturated heterocycles. The van der Waals surface area contributed by atoms with Crippen LogP contribution in [0.5, 0.6) is 5.75 Å². The van der Waals surface area contributed by atoms with E-state index in [4.69, 9.17) is 9.47 Å². The molecule has 3 aliphatic rings. The molecule has 8 nitrogen and oxygen atoms in total. The minimum atomic E-state index is -3.47. The van der Waals surface area contributed by atoms with Crippen LogP contribution in [0.2, 0.25) is 0 Å². The number of urea groups is 1. The maximum absolute atomic E-state index is 13.2. The van der Waals surface area contributed by atoms with Crippen LogP contribution < -0.4 is 10.1 Å². The topological polar surface area (TPSA) is 88.2 Å². The lowest BCUT2D eigenvalue weighted by molar-refractivity contribution is -0.0955. The van der Waals surface area contributed by atoms with E-state index in [2.05, 4.69) is 5.32 Å². The Morgan fingerprint density at radius 2 is 2.17 bits per heavy atom. The summed E-state index contributed by atoms with van der Waals surface area (Å²) in [6.45, 7) is 5.26. The average molecular weight is 424 g/mol. The molecular formula is C20H29N3O5S. The van der Waals surface area contributed by atoms with Crippen molar-refractivity contribution in [3.8, 4) is 5.75 Å². The fourth-order valence-electron chi connectivity index (χ4n) is 4.73. The molecule has 160 valence electrons. The van der Waals surface area contributed by atoms with Gasteiger partial charge in [-0.1, -0.05) is 12.1 Å². The van der Waals surface area contributed by atoms with Crippen molar-refractivity contribution in [3.05, 3.63) is 29.8 Å². The first-order chi connectivity index (χ1) is 13.7. The van der Waals surface area contributed by atoms with Crippen molar-refractivity contribution < 1.29 is 22.7 Å². The van der Waals surface area contributed by atoms with Crippen LogP contribution in [0.3, 0.4) is 0 Å². The van der Waals surface area contributed by atoms with Crippen LogP contribution in [0, 0.1) is 0 Å². The van der Waals surface area contributed by atoms with Crippen LogP contribution in [-0.2, 0) is 21.2 Å². The van der Waals surface area contributed by atoms with Crippen LogP contribution >= 0.6 is 0 Å². The molecule has 0 saturated carbocycles. The highest BCUT2D eigenvalue weighted by Gasteiger charge is 2.65. The molecule has 4 rings (SSSR count). The summed E-state index contributed by atoms with van der Waals surface area (Å²) in [7, 11) is -1.85. The minimum Gasteiger partial charge on any atom is -0.497 e. The summed E-state index contributed by atoms with van der Waals surface area (Å²) in [6.07, 6.45) is 0.825. The zero-order valence-electron chi connectivity index (χ0n) is 17.1. The number of hydrogen-bond donors (Lipinski definition) is 1. The molecular weight excluding hydrogens is 394 g/mol. The van der Waals surface area contributed by atoms with E-state index in [1.54, 1.807) is 12.0 Å². The maximum Gasteiger partial charge on any atom is 0.317 e. The van der Waals surface area contributed by atoms with Crippen LogP contribution in [0.4, 0.5) is 4.79 Å². The number of morpholine rings is 1. The maximum atomic E-state index is 13.2. The monoisotopic (exact) mass is 423 g/mol. The number of nitrogens with one attached hydrogen (secondary N) is 1. The van der Waals surface area contributed by atoms with Gasteiger partial charge in [0.25, 0.3) is 0 Å².